The first-order valence-electron chi connectivity index (χ1n) is 9.05. The zero-order valence-electron chi connectivity index (χ0n) is 15.3. The van der Waals surface area contributed by atoms with Crippen LogP contribution in [-0.2, 0) is 19.6 Å². The molecular weight excluding hydrogens is 354 g/mol. The van der Waals surface area contributed by atoms with E-state index in [2.05, 4.69) is 17.0 Å². The van der Waals surface area contributed by atoms with Gasteiger partial charge in [-0.1, -0.05) is 20.3 Å². The van der Waals surface area contributed by atoms with Gasteiger partial charge in [0.1, 0.15) is 0 Å². The Balaban J connectivity index is 1.95. The highest BCUT2D eigenvalue weighted by molar-refractivity contribution is 7.89. The molecule has 26 heavy (non-hydrogen) atoms. The molecule has 0 radical (unpaired) electrons. The van der Waals surface area contributed by atoms with E-state index in [9.17, 15) is 18.0 Å². The average Bonchev–Trinajstić information content (AvgIpc) is 2.99. The van der Waals surface area contributed by atoms with Crippen molar-refractivity contribution in [2.24, 2.45) is 5.92 Å². The van der Waals surface area contributed by atoms with Gasteiger partial charge in [0.15, 0.2) is 0 Å². The summed E-state index contributed by atoms with van der Waals surface area (Å²) in [6.45, 7) is 5.46. The fourth-order valence-electron chi connectivity index (χ4n) is 2.79. The van der Waals surface area contributed by atoms with Gasteiger partial charge in [0.25, 0.3) is 0 Å². The molecule has 1 aliphatic rings. The molecule has 1 unspecified atom stereocenters. The molecular formula is C18H27N3O4S. The smallest absolute Gasteiger partial charge is 0.240 e. The monoisotopic (exact) mass is 381 g/mol. The number of amides is 2. The molecule has 0 saturated carbocycles. The molecule has 1 heterocycles. The molecule has 1 aliphatic heterocycles. The third kappa shape index (κ3) is 5.28. The molecule has 0 spiro atoms. The first-order valence-corrected chi connectivity index (χ1v) is 10.5. The van der Waals surface area contributed by atoms with E-state index in [0.29, 0.717) is 31.7 Å². The summed E-state index contributed by atoms with van der Waals surface area (Å²) in [5.74, 6) is -0.562. The number of unbranched alkanes of at least 4 members (excludes halogenated alkanes) is 1. The lowest BCUT2D eigenvalue weighted by atomic mass is 10.1. The second kappa shape index (κ2) is 9.14. The molecule has 1 saturated heterocycles. The summed E-state index contributed by atoms with van der Waals surface area (Å²) in [6, 6.07) is 6.04. The SMILES string of the molecule is CCCCN1CC(C(=O)Nc2ccc(S(=O)(=O)NCCC)cc2)CC1=O. The van der Waals surface area contributed by atoms with Gasteiger partial charge in [-0.3, -0.25) is 9.59 Å². The zero-order valence-corrected chi connectivity index (χ0v) is 16.1. The maximum atomic E-state index is 12.4. The van der Waals surface area contributed by atoms with E-state index < -0.39 is 10.0 Å². The van der Waals surface area contributed by atoms with Gasteiger partial charge in [0.05, 0.1) is 10.8 Å². The zero-order chi connectivity index (χ0) is 19.2. The third-order valence-corrected chi connectivity index (χ3v) is 5.82. The van der Waals surface area contributed by atoms with Crippen LogP contribution in [0, 0.1) is 5.92 Å². The van der Waals surface area contributed by atoms with Gasteiger partial charge in [-0.2, -0.15) is 0 Å². The number of benzene rings is 1. The molecule has 2 rings (SSSR count). The minimum atomic E-state index is -3.52. The van der Waals surface area contributed by atoms with Crippen LogP contribution in [0.3, 0.4) is 0 Å². The van der Waals surface area contributed by atoms with E-state index in [-0.39, 0.29) is 29.0 Å². The highest BCUT2D eigenvalue weighted by Crippen LogP contribution is 2.21. The summed E-state index contributed by atoms with van der Waals surface area (Å²) in [6.07, 6.45) is 2.87. The molecule has 144 valence electrons. The molecule has 1 atom stereocenters. The molecule has 1 aromatic rings. The lowest BCUT2D eigenvalue weighted by Crippen LogP contribution is -2.29. The van der Waals surface area contributed by atoms with Crippen molar-refractivity contribution in [1.82, 2.24) is 9.62 Å². The Labute approximate surface area is 155 Å². The van der Waals surface area contributed by atoms with Gasteiger partial charge < -0.3 is 10.2 Å². The van der Waals surface area contributed by atoms with E-state index in [1.165, 1.54) is 12.1 Å². The molecule has 0 bridgehead atoms. The lowest BCUT2D eigenvalue weighted by molar-refractivity contribution is -0.128. The number of hydrogen-bond donors (Lipinski definition) is 2. The molecule has 1 fully saturated rings. The Morgan fingerprint density at radius 3 is 2.50 bits per heavy atom. The van der Waals surface area contributed by atoms with Crippen LogP contribution < -0.4 is 10.0 Å². The summed E-state index contributed by atoms with van der Waals surface area (Å²) in [5.41, 5.74) is 0.517. The first kappa shape index (κ1) is 20.4. The number of hydrogen-bond acceptors (Lipinski definition) is 4. The summed E-state index contributed by atoms with van der Waals surface area (Å²) in [5, 5.41) is 2.77. The Hall–Kier alpha value is -1.93. The number of likely N-dealkylation sites (tertiary alicyclic amines) is 1. The van der Waals surface area contributed by atoms with Crippen LogP contribution in [0.1, 0.15) is 39.5 Å². The number of carbonyl (C=O) groups excluding carboxylic acids is 2. The summed E-state index contributed by atoms with van der Waals surface area (Å²) < 4.78 is 26.6. The highest BCUT2D eigenvalue weighted by atomic mass is 32.2. The summed E-state index contributed by atoms with van der Waals surface area (Å²) in [7, 11) is -3.52. The molecule has 8 heteroatoms. The van der Waals surface area contributed by atoms with E-state index >= 15 is 0 Å². The Morgan fingerprint density at radius 1 is 1.19 bits per heavy atom. The number of carbonyl (C=O) groups is 2. The summed E-state index contributed by atoms with van der Waals surface area (Å²) >= 11 is 0. The molecule has 2 N–H and O–H groups in total. The van der Waals surface area contributed by atoms with Crippen LogP contribution in [-0.4, -0.2) is 44.8 Å². The van der Waals surface area contributed by atoms with Crippen LogP contribution in [0.15, 0.2) is 29.2 Å². The molecule has 1 aromatic carbocycles. The Bertz CT molecular complexity index is 731. The van der Waals surface area contributed by atoms with Crippen molar-refractivity contribution in [2.45, 2.75) is 44.4 Å². The normalized spacial score (nSPS) is 17.5. The van der Waals surface area contributed by atoms with Crippen LogP contribution in [0.5, 0.6) is 0 Å². The largest absolute Gasteiger partial charge is 0.342 e. The molecule has 2 amide bonds. The standard InChI is InChI=1S/C18H27N3O4S/c1-3-5-11-21-13-14(12-17(21)22)18(23)20-15-6-8-16(9-7-15)26(24,25)19-10-4-2/h6-9,14,19H,3-5,10-13H2,1-2H3,(H,20,23). The van der Waals surface area contributed by atoms with E-state index in [0.717, 1.165) is 12.8 Å². The summed E-state index contributed by atoms with van der Waals surface area (Å²) in [4.78, 5) is 26.2. The highest BCUT2D eigenvalue weighted by Gasteiger charge is 2.33. The van der Waals surface area contributed by atoms with Gasteiger partial charge in [-0.25, -0.2) is 13.1 Å². The topological polar surface area (TPSA) is 95.6 Å². The molecule has 7 nitrogen and oxygen atoms in total. The van der Waals surface area contributed by atoms with Gasteiger partial charge in [-0.05, 0) is 37.1 Å². The van der Waals surface area contributed by atoms with Crippen molar-refractivity contribution in [3.8, 4) is 0 Å². The van der Waals surface area contributed by atoms with Crippen molar-refractivity contribution in [3.63, 3.8) is 0 Å². The fourth-order valence-corrected chi connectivity index (χ4v) is 3.93. The van der Waals surface area contributed by atoms with Crippen LogP contribution >= 0.6 is 0 Å². The minimum Gasteiger partial charge on any atom is -0.342 e. The van der Waals surface area contributed by atoms with Crippen LogP contribution in [0.4, 0.5) is 5.69 Å². The molecule has 0 aromatic heterocycles. The van der Waals surface area contributed by atoms with Gasteiger partial charge in [-0.15, -0.1) is 0 Å². The number of anilines is 1. The predicted molar refractivity (Wildman–Crippen MR) is 100 cm³/mol. The number of rotatable bonds is 9. The predicted octanol–water partition coefficient (Wildman–Crippen LogP) is 1.96. The second-order valence-electron chi connectivity index (χ2n) is 6.51. The van der Waals surface area contributed by atoms with Gasteiger partial charge in [0, 0.05) is 31.7 Å². The van der Waals surface area contributed by atoms with Crippen molar-refractivity contribution in [3.05, 3.63) is 24.3 Å². The number of nitrogens with zero attached hydrogens (tertiary/aromatic N) is 1. The van der Waals surface area contributed by atoms with E-state index in [1.54, 1.807) is 17.0 Å². The van der Waals surface area contributed by atoms with Crippen molar-refractivity contribution < 1.29 is 18.0 Å². The molecule has 0 aliphatic carbocycles. The van der Waals surface area contributed by atoms with Crippen LogP contribution in [0.2, 0.25) is 0 Å². The van der Waals surface area contributed by atoms with Gasteiger partial charge >= 0.3 is 0 Å². The minimum absolute atomic E-state index is 0.0158. The first-order chi connectivity index (χ1) is 12.4. The Morgan fingerprint density at radius 2 is 1.88 bits per heavy atom. The van der Waals surface area contributed by atoms with E-state index in [1.807, 2.05) is 6.92 Å². The average molecular weight is 381 g/mol. The third-order valence-electron chi connectivity index (χ3n) is 4.34. The Kier molecular flexibility index (Phi) is 7.16. The van der Waals surface area contributed by atoms with Crippen molar-refractivity contribution in [2.75, 3.05) is 25.0 Å². The maximum Gasteiger partial charge on any atom is 0.240 e. The number of sulfonamides is 1. The van der Waals surface area contributed by atoms with Crippen molar-refractivity contribution in [1.29, 1.82) is 0 Å². The van der Waals surface area contributed by atoms with Gasteiger partial charge in [0.2, 0.25) is 21.8 Å². The van der Waals surface area contributed by atoms with Crippen molar-refractivity contribution >= 4 is 27.5 Å². The second-order valence-corrected chi connectivity index (χ2v) is 8.27. The lowest BCUT2D eigenvalue weighted by Gasteiger charge is -2.16. The van der Waals surface area contributed by atoms with Crippen LogP contribution in [0.25, 0.3) is 0 Å². The number of nitrogens with one attached hydrogen (secondary N) is 2. The maximum absolute atomic E-state index is 12.4. The van der Waals surface area contributed by atoms with E-state index in [4.69, 9.17) is 0 Å². The fraction of sp³-hybridized carbons (Fsp3) is 0.556. The quantitative estimate of drug-likeness (QED) is 0.683.